The molecule has 1 heterocycles. The molecular weight excluding hydrogens is 344 g/mol. The van der Waals surface area contributed by atoms with Crippen molar-refractivity contribution in [1.29, 1.82) is 0 Å². The van der Waals surface area contributed by atoms with Crippen LogP contribution in [0.2, 0.25) is 5.02 Å². The third-order valence-electron chi connectivity index (χ3n) is 3.03. The van der Waals surface area contributed by atoms with Crippen LogP contribution in [0.1, 0.15) is 0 Å². The van der Waals surface area contributed by atoms with Crippen molar-refractivity contribution in [2.75, 3.05) is 4.72 Å². The van der Waals surface area contributed by atoms with E-state index in [4.69, 9.17) is 11.6 Å². The van der Waals surface area contributed by atoms with Crippen molar-refractivity contribution in [1.82, 2.24) is 9.97 Å². The Morgan fingerprint density at radius 2 is 1.96 bits per heavy atom. The fourth-order valence-corrected chi connectivity index (χ4v) is 3.33. The molecule has 3 aromatic rings. The first kappa shape index (κ1) is 15.3. The number of aromatic amines is 1. The second kappa shape index (κ2) is 5.52. The number of nitro groups is 1. The summed E-state index contributed by atoms with van der Waals surface area (Å²) < 4.78 is 27.0. The molecule has 0 saturated carbocycles. The summed E-state index contributed by atoms with van der Waals surface area (Å²) in [7, 11) is -4.20. The highest BCUT2D eigenvalue weighted by Crippen LogP contribution is 2.28. The molecule has 8 nitrogen and oxygen atoms in total. The largest absolute Gasteiger partial charge is 0.323 e. The zero-order valence-electron chi connectivity index (χ0n) is 11.4. The molecular formula is C13H9ClN4O4S. The van der Waals surface area contributed by atoms with Gasteiger partial charge in [-0.15, -0.1) is 0 Å². The minimum absolute atomic E-state index is 0.0320. The Morgan fingerprint density at radius 3 is 2.65 bits per heavy atom. The van der Waals surface area contributed by atoms with E-state index >= 15 is 0 Å². The van der Waals surface area contributed by atoms with Gasteiger partial charge in [-0.05, 0) is 24.3 Å². The van der Waals surface area contributed by atoms with Crippen LogP contribution < -0.4 is 4.72 Å². The summed E-state index contributed by atoms with van der Waals surface area (Å²) in [5.41, 5.74) is 0.590. The number of nitrogens with zero attached hydrogens (tertiary/aromatic N) is 2. The molecule has 1 aromatic heterocycles. The third-order valence-corrected chi connectivity index (χ3v) is 4.65. The molecule has 0 unspecified atom stereocenters. The average molecular weight is 353 g/mol. The number of nitro benzene ring substituents is 1. The highest BCUT2D eigenvalue weighted by Gasteiger charge is 2.27. The first-order valence-corrected chi connectivity index (χ1v) is 8.14. The van der Waals surface area contributed by atoms with E-state index in [1.165, 1.54) is 6.07 Å². The number of rotatable bonds is 4. The lowest BCUT2D eigenvalue weighted by atomic mass is 10.3. The number of hydrogen-bond donors (Lipinski definition) is 2. The van der Waals surface area contributed by atoms with E-state index in [9.17, 15) is 18.5 Å². The average Bonchev–Trinajstić information content (AvgIpc) is 2.88. The maximum Gasteiger partial charge on any atom is 0.291 e. The summed E-state index contributed by atoms with van der Waals surface area (Å²) in [6.45, 7) is 0. The SMILES string of the molecule is O=[N+]([O-])c1cc(Cl)ccc1S(=O)(=O)Nc1nc2ccccc2[nH]1. The molecule has 0 radical (unpaired) electrons. The Labute approximate surface area is 135 Å². The van der Waals surface area contributed by atoms with Gasteiger partial charge >= 0.3 is 0 Å². The number of aromatic nitrogens is 2. The fraction of sp³-hybridized carbons (Fsp3) is 0. The van der Waals surface area contributed by atoms with Crippen LogP contribution in [0.15, 0.2) is 47.4 Å². The van der Waals surface area contributed by atoms with E-state index in [1.807, 2.05) is 0 Å². The van der Waals surface area contributed by atoms with E-state index in [1.54, 1.807) is 24.3 Å². The molecule has 0 atom stereocenters. The van der Waals surface area contributed by atoms with Gasteiger partial charge in [-0.2, -0.15) is 0 Å². The van der Waals surface area contributed by atoms with Crippen LogP contribution >= 0.6 is 11.6 Å². The summed E-state index contributed by atoms with van der Waals surface area (Å²) in [5, 5.41) is 11.1. The minimum Gasteiger partial charge on any atom is -0.323 e. The molecule has 23 heavy (non-hydrogen) atoms. The fourth-order valence-electron chi connectivity index (χ4n) is 2.04. The predicted molar refractivity (Wildman–Crippen MR) is 85.0 cm³/mol. The van der Waals surface area contributed by atoms with Crippen LogP contribution in [-0.2, 0) is 10.0 Å². The first-order chi connectivity index (χ1) is 10.9. The second-order valence-corrected chi connectivity index (χ2v) is 6.66. The molecule has 0 saturated heterocycles. The van der Waals surface area contributed by atoms with Gasteiger partial charge in [0.05, 0.1) is 16.0 Å². The van der Waals surface area contributed by atoms with Crippen LogP contribution in [0.5, 0.6) is 0 Å². The highest BCUT2D eigenvalue weighted by molar-refractivity contribution is 7.92. The van der Waals surface area contributed by atoms with E-state index in [2.05, 4.69) is 14.7 Å². The van der Waals surface area contributed by atoms with E-state index in [-0.39, 0.29) is 11.0 Å². The molecule has 0 spiro atoms. The summed E-state index contributed by atoms with van der Waals surface area (Å²) in [5.74, 6) is -0.0320. The van der Waals surface area contributed by atoms with E-state index in [0.29, 0.717) is 11.0 Å². The third kappa shape index (κ3) is 2.96. The first-order valence-electron chi connectivity index (χ1n) is 6.28. The van der Waals surface area contributed by atoms with Crippen molar-refractivity contribution in [3.63, 3.8) is 0 Å². The second-order valence-electron chi connectivity index (χ2n) is 4.58. The zero-order valence-corrected chi connectivity index (χ0v) is 12.9. The molecule has 0 amide bonds. The van der Waals surface area contributed by atoms with E-state index in [0.717, 1.165) is 12.1 Å². The van der Waals surface area contributed by atoms with Crippen LogP contribution in [0.25, 0.3) is 11.0 Å². The van der Waals surface area contributed by atoms with Crippen molar-refractivity contribution < 1.29 is 13.3 Å². The van der Waals surface area contributed by atoms with Crippen molar-refractivity contribution in [3.05, 3.63) is 57.6 Å². The van der Waals surface area contributed by atoms with E-state index < -0.39 is 25.5 Å². The van der Waals surface area contributed by atoms with Gasteiger partial charge in [0.2, 0.25) is 5.95 Å². The molecule has 2 aromatic carbocycles. The number of sulfonamides is 1. The number of fused-ring (bicyclic) bond motifs is 1. The standard InChI is InChI=1S/C13H9ClN4O4S/c14-8-5-6-12(11(7-8)18(19)20)23(21,22)17-13-15-9-3-1-2-4-10(9)16-13/h1-7H,(H2,15,16,17). The van der Waals surface area contributed by atoms with Gasteiger partial charge in [-0.3, -0.25) is 10.1 Å². The molecule has 118 valence electrons. The Bertz CT molecular complexity index is 983. The van der Waals surface area contributed by atoms with Crippen molar-refractivity contribution >= 4 is 44.3 Å². The summed E-state index contributed by atoms with van der Waals surface area (Å²) in [6, 6.07) is 10.3. The minimum atomic E-state index is -4.20. The van der Waals surface area contributed by atoms with Gasteiger partial charge < -0.3 is 4.98 Å². The van der Waals surface area contributed by atoms with Crippen molar-refractivity contribution in [2.45, 2.75) is 4.90 Å². The number of nitrogens with one attached hydrogen (secondary N) is 2. The normalized spacial score (nSPS) is 11.5. The number of hydrogen-bond acceptors (Lipinski definition) is 5. The predicted octanol–water partition coefficient (Wildman–Crippen LogP) is 2.93. The quantitative estimate of drug-likeness (QED) is 0.552. The molecule has 0 aliphatic heterocycles. The lowest BCUT2D eigenvalue weighted by molar-refractivity contribution is -0.387. The lowest BCUT2D eigenvalue weighted by Gasteiger charge is -2.06. The van der Waals surface area contributed by atoms with Gasteiger partial charge in [-0.1, -0.05) is 23.7 Å². The summed E-state index contributed by atoms with van der Waals surface area (Å²) in [4.78, 5) is 16.6. The lowest BCUT2D eigenvalue weighted by Crippen LogP contribution is -2.15. The number of benzene rings is 2. The summed E-state index contributed by atoms with van der Waals surface area (Å²) >= 11 is 5.69. The van der Waals surface area contributed by atoms with Crippen molar-refractivity contribution in [2.24, 2.45) is 0 Å². The molecule has 0 fully saturated rings. The number of para-hydroxylation sites is 2. The molecule has 10 heteroatoms. The smallest absolute Gasteiger partial charge is 0.291 e. The molecule has 2 N–H and O–H groups in total. The molecule has 3 rings (SSSR count). The Kier molecular flexibility index (Phi) is 3.66. The van der Waals surface area contributed by atoms with Gasteiger partial charge in [0, 0.05) is 11.1 Å². The topological polar surface area (TPSA) is 118 Å². The Morgan fingerprint density at radius 1 is 1.22 bits per heavy atom. The van der Waals surface area contributed by atoms with Crippen LogP contribution in [0, 0.1) is 10.1 Å². The number of halogens is 1. The van der Waals surface area contributed by atoms with Gasteiger partial charge in [-0.25, -0.2) is 18.1 Å². The highest BCUT2D eigenvalue weighted by atomic mass is 35.5. The van der Waals surface area contributed by atoms with Crippen molar-refractivity contribution in [3.8, 4) is 0 Å². The molecule has 0 aliphatic rings. The number of H-pyrrole nitrogens is 1. The Hall–Kier alpha value is -2.65. The van der Waals surface area contributed by atoms with Crippen LogP contribution in [0.3, 0.4) is 0 Å². The molecule has 0 bridgehead atoms. The van der Waals surface area contributed by atoms with Gasteiger partial charge in [0.1, 0.15) is 0 Å². The number of anilines is 1. The van der Waals surface area contributed by atoms with Gasteiger partial charge in [0.25, 0.3) is 15.7 Å². The van der Waals surface area contributed by atoms with Gasteiger partial charge in [0.15, 0.2) is 4.90 Å². The monoisotopic (exact) mass is 352 g/mol. The zero-order chi connectivity index (χ0) is 16.6. The summed E-state index contributed by atoms with van der Waals surface area (Å²) in [6.07, 6.45) is 0. The molecule has 0 aliphatic carbocycles. The van der Waals surface area contributed by atoms with Crippen LogP contribution in [-0.4, -0.2) is 23.3 Å². The number of imidazole rings is 1. The Balaban J connectivity index is 2.03. The maximum atomic E-state index is 12.4. The van der Waals surface area contributed by atoms with Crippen LogP contribution in [0.4, 0.5) is 11.6 Å². The maximum absolute atomic E-state index is 12.4.